The van der Waals surface area contributed by atoms with E-state index in [0.717, 1.165) is 189 Å². The van der Waals surface area contributed by atoms with Crippen molar-refractivity contribution in [2.75, 3.05) is 21.3 Å². The number of pyridine rings is 6. The van der Waals surface area contributed by atoms with Crippen LogP contribution in [-0.4, -0.2) is 159 Å². The van der Waals surface area contributed by atoms with Gasteiger partial charge in [-0.1, -0.05) is 59.0 Å². The molecule has 3 atom stereocenters. The third kappa shape index (κ3) is 27.3. The van der Waals surface area contributed by atoms with Crippen molar-refractivity contribution in [3.8, 4) is 0 Å². The summed E-state index contributed by atoms with van der Waals surface area (Å²) in [5.74, 6) is -0.111. The maximum Gasteiger partial charge on any atom is 0.312 e. The Morgan fingerprint density at radius 2 is 0.841 bits per heavy atom. The number of ether oxygens (including phenoxy) is 3. The highest BCUT2D eigenvalue weighted by Crippen LogP contribution is 2.46. The van der Waals surface area contributed by atoms with Crippen LogP contribution in [-0.2, 0) is 88.4 Å². The van der Waals surface area contributed by atoms with E-state index in [1.807, 2.05) is 217 Å². The fourth-order valence-electron chi connectivity index (χ4n) is 14.7. The average molecular weight is 2030 g/mol. The number of carbonyl (C=O) groups excluding carboxylic acids is 4. The lowest BCUT2D eigenvalue weighted by molar-refractivity contribution is -0.152. The van der Waals surface area contributed by atoms with E-state index >= 15 is 0 Å². The number of allylic oxidation sites excluding steroid dienone is 1. The monoisotopic (exact) mass is 2030 g/mol. The van der Waals surface area contributed by atoms with Crippen molar-refractivity contribution in [3.63, 3.8) is 0 Å². The Labute approximate surface area is 803 Å². The van der Waals surface area contributed by atoms with Gasteiger partial charge in [-0.25, -0.2) is 18.7 Å². The number of halogens is 4. The number of aliphatic hydroxyl groups is 3. The first-order chi connectivity index (χ1) is 62.2. The number of benzene rings is 4. The van der Waals surface area contributed by atoms with Gasteiger partial charge in [0, 0.05) is 153 Å². The molecule has 702 valence electrons. The molecule has 0 saturated carbocycles. The zero-order chi connectivity index (χ0) is 98.3. The number of nitrogens with zero attached hydrogens (tertiary/aromatic N) is 18. The number of alkyl halides is 1. The van der Waals surface area contributed by atoms with E-state index in [9.17, 15) is 29.4 Å². The van der Waals surface area contributed by atoms with Crippen molar-refractivity contribution < 1.29 is 53.1 Å². The fraction of sp³-hybridized carbons (Fsp3) is 0.388. The molecule has 3 unspecified atom stereocenters. The molecule has 10 heterocycles. The molecule has 10 aromatic heterocycles. The molecule has 14 aromatic rings. The van der Waals surface area contributed by atoms with Gasteiger partial charge in [-0.15, -0.1) is 32.0 Å². The molecule has 0 aliphatic carbocycles. The van der Waals surface area contributed by atoms with Gasteiger partial charge in [-0.2, -0.15) is 0 Å². The largest absolute Gasteiger partial charge is 0.520 e. The van der Waals surface area contributed by atoms with Crippen molar-refractivity contribution in [2.45, 2.75) is 194 Å². The van der Waals surface area contributed by atoms with Gasteiger partial charge in [0.1, 0.15) is 34.5 Å². The van der Waals surface area contributed by atoms with Crippen molar-refractivity contribution >= 4 is 136 Å². The number of carbonyl (C=O) groups is 4. The van der Waals surface area contributed by atoms with Crippen LogP contribution in [0.2, 0.25) is 19.6 Å². The van der Waals surface area contributed by atoms with Crippen molar-refractivity contribution in [1.29, 1.82) is 0 Å². The molecular formula is C98H122Br3ClN18O11Si. The minimum atomic E-state index is -1.49. The average Bonchev–Trinajstić information content (AvgIpc) is 1.48. The van der Waals surface area contributed by atoms with Gasteiger partial charge in [-0.3, -0.25) is 49.1 Å². The van der Waals surface area contributed by atoms with E-state index in [0.29, 0.717) is 23.0 Å². The van der Waals surface area contributed by atoms with Gasteiger partial charge in [0.15, 0.2) is 5.78 Å². The van der Waals surface area contributed by atoms with E-state index in [4.69, 9.17) is 35.3 Å². The lowest BCUT2D eigenvalue weighted by Crippen LogP contribution is -2.34. The van der Waals surface area contributed by atoms with Crippen LogP contribution in [0, 0.1) is 73.1 Å². The molecular weight excluding hydrogens is 1910 g/mol. The van der Waals surface area contributed by atoms with Crippen LogP contribution in [0.5, 0.6) is 0 Å². The number of rotatable bonds is 20. The van der Waals surface area contributed by atoms with Crippen LogP contribution in [0.1, 0.15) is 213 Å². The Hall–Kier alpha value is -11.2. The molecule has 3 N–H and O–H groups in total. The van der Waals surface area contributed by atoms with E-state index in [1.165, 1.54) is 26.7 Å². The summed E-state index contributed by atoms with van der Waals surface area (Å²) < 4.78 is 30.6. The highest BCUT2D eigenvalue weighted by atomic mass is 79.9. The SMILES string of the molecule is CC(=O)c1cc(Br)cnc1C.CCc1cc(Br)cnc1C.CCc1cc(C(O)c2ccc3c(nnn3C)c2C)cnc1C.COC(=O)C(C)(C)C(c1cnc(C)c(CCl)c1)c1ccc2c(c1)nnn2C.COC(=O)C(C)(C)C(c1cnc(C)c(CO)c1)c1ccc2c(nnn2C)c1C.COC(O[Si](C)(C)C)=C(C)C.Cc1c(C=O)ccc2c1nnn2C.Cc1ncc(Br)cc1CO. The van der Waals surface area contributed by atoms with E-state index in [1.54, 1.807) is 62.8 Å². The highest BCUT2D eigenvalue weighted by Gasteiger charge is 2.43. The molecule has 0 aliphatic heterocycles. The molecule has 0 aliphatic rings. The zero-order valence-electron chi connectivity index (χ0n) is 80.6. The van der Waals surface area contributed by atoms with Crippen LogP contribution in [0.25, 0.3) is 44.1 Å². The van der Waals surface area contributed by atoms with Crippen molar-refractivity contribution in [2.24, 2.45) is 39.0 Å². The van der Waals surface area contributed by atoms with Gasteiger partial charge < -0.3 is 34.0 Å². The number of methoxy groups -OCH3 is 3. The predicted molar refractivity (Wildman–Crippen MR) is 530 cm³/mol. The normalized spacial score (nSPS) is 11.8. The summed E-state index contributed by atoms with van der Waals surface area (Å²) in [5.41, 5.74) is 26.3. The summed E-state index contributed by atoms with van der Waals surface area (Å²) in [6.45, 7) is 40.9. The standard InChI is InChI=1S/C21H26N4O3.C20H23ClN4O2.C17H20N4O.C9H9N3O.C8H8BrNO.C8H10BrN.C8H18O2Si.C7H8BrNO/c1-12-16(7-8-17-19(12)23-24-25(17)5)18(21(3,4)20(27)28-6)14-9-15(11-26)13(2)22-10-14;1-12-14(10-21)8-15(11-22-12)18(20(2,3)19(26)27-5)13-6-7-17-16(9-13)23-24-25(17)4;1-5-12-8-13(9-18-11(12)3)17(22)14-6-7-15-16(10(14)2)19-20-21(15)4;1-6-7(5-13)3-4-8-9(6)10-11-12(8)2;1-5-8(6(2)11)3-7(9)4-10-5;1-3-7-4-8(9)5-10-6(7)2;1-7(2)8(9-3)10-11(4,5)6;1-5-6(4-10)2-7(8)3-9-5/h7-10,18,26H,11H2,1-6H3;6-9,11,18H,10H2,1-5H3;6-9,17,22H,5H2,1-4H3;3-5H,1-2H3;3-4H,1-2H3;4-5H,3H2,1-2H3;1-6H3;2-3,10H,4H2,1H3. The highest BCUT2D eigenvalue weighted by molar-refractivity contribution is 9.11. The van der Waals surface area contributed by atoms with Gasteiger partial charge in [0.25, 0.3) is 5.95 Å². The number of aldehydes is 1. The lowest BCUT2D eigenvalue weighted by atomic mass is 9.70. The molecule has 0 spiro atoms. The molecule has 132 heavy (non-hydrogen) atoms. The van der Waals surface area contributed by atoms with E-state index in [2.05, 4.69) is 158 Å². The van der Waals surface area contributed by atoms with Crippen LogP contribution in [0.4, 0.5) is 0 Å². The van der Waals surface area contributed by atoms with Crippen LogP contribution >= 0.6 is 59.4 Å². The summed E-state index contributed by atoms with van der Waals surface area (Å²) in [6, 6.07) is 29.2. The van der Waals surface area contributed by atoms with Crippen LogP contribution in [0.15, 0.2) is 153 Å². The second kappa shape index (κ2) is 48.5. The van der Waals surface area contributed by atoms with Crippen LogP contribution < -0.4 is 0 Å². The molecule has 0 fully saturated rings. The summed E-state index contributed by atoms with van der Waals surface area (Å²) >= 11 is 16.0. The third-order valence-corrected chi connectivity index (χ3v) is 24.8. The van der Waals surface area contributed by atoms with Gasteiger partial charge in [0.05, 0.1) is 67.4 Å². The van der Waals surface area contributed by atoms with Gasteiger partial charge in [-0.05, 0) is 330 Å². The lowest BCUT2D eigenvalue weighted by Gasteiger charge is -2.33. The second-order valence-electron chi connectivity index (χ2n) is 33.9. The summed E-state index contributed by atoms with van der Waals surface area (Å²) in [6.07, 6.45) is 12.6. The molecule has 29 nitrogen and oxygen atoms in total. The second-order valence-corrected chi connectivity index (χ2v) is 41.3. The zero-order valence-corrected chi connectivity index (χ0v) is 87.2. The van der Waals surface area contributed by atoms with Crippen molar-refractivity contribution in [3.05, 3.63) is 276 Å². The fourth-order valence-corrected chi connectivity index (χ4v) is 16.9. The van der Waals surface area contributed by atoms with Crippen LogP contribution in [0.3, 0.4) is 0 Å². The molecule has 34 heteroatoms. The Morgan fingerprint density at radius 1 is 0.462 bits per heavy atom. The molecule has 0 radical (unpaired) electrons. The third-order valence-electron chi connectivity index (χ3n) is 22.4. The topological polar surface area (TPSA) is 366 Å². The van der Waals surface area contributed by atoms with E-state index in [-0.39, 0.29) is 42.8 Å². The first-order valence-corrected chi connectivity index (χ1v) is 48.9. The number of aryl methyl sites for hydroxylation is 15. The maximum atomic E-state index is 12.7. The van der Waals surface area contributed by atoms with Crippen molar-refractivity contribution in [1.82, 2.24) is 89.9 Å². The number of fused-ring (bicyclic) bond motifs is 4. The Kier molecular flexibility index (Phi) is 39.6. The molecule has 14 rings (SSSR count). The maximum absolute atomic E-state index is 12.7. The quantitative estimate of drug-likeness (QED) is 0.0159. The number of hydrogen-bond acceptors (Lipinski definition) is 25. The predicted octanol–water partition coefficient (Wildman–Crippen LogP) is 19.7. The number of Topliss-reactive ketones (excluding diaryl/α,β-unsaturated/α-hetero) is 1. The van der Waals surface area contributed by atoms with Gasteiger partial charge >= 0.3 is 11.9 Å². The minimum Gasteiger partial charge on any atom is -0.520 e. The first-order valence-electron chi connectivity index (χ1n) is 42.6. The smallest absolute Gasteiger partial charge is 0.312 e. The molecule has 0 saturated heterocycles. The summed E-state index contributed by atoms with van der Waals surface area (Å²) in [7, 11) is 10.3. The first kappa shape index (κ1) is 108. The number of esters is 2. The number of ketones is 1. The molecule has 0 amide bonds. The number of aliphatic hydroxyl groups excluding tert-OH is 3. The Morgan fingerprint density at radius 3 is 1.27 bits per heavy atom. The minimum absolute atomic E-state index is 0.0521. The van der Waals surface area contributed by atoms with E-state index < -0.39 is 25.3 Å². The summed E-state index contributed by atoms with van der Waals surface area (Å²) in [5, 5.41) is 62.0. The molecule has 0 bridgehead atoms. The number of hydrogen-bond donors (Lipinski definition) is 3. The molecule has 4 aromatic carbocycles. The Balaban J connectivity index is 0.000000214. The summed E-state index contributed by atoms with van der Waals surface area (Å²) in [4.78, 5) is 72.5. The number of aromatic nitrogens is 18. The van der Waals surface area contributed by atoms with Gasteiger partial charge in [0.2, 0.25) is 8.32 Å². The Bertz CT molecular complexity index is 6370.